The number of hydrogen-bond acceptors (Lipinski definition) is 2. The lowest BCUT2D eigenvalue weighted by Gasteiger charge is -1.99. The Balaban J connectivity index is 2.44. The van der Waals surface area contributed by atoms with E-state index in [1.165, 1.54) is 5.69 Å². The Morgan fingerprint density at radius 1 is 1.54 bits per heavy atom. The number of aryl methyl sites for hydroxylation is 1. The Morgan fingerprint density at radius 2 is 2.31 bits per heavy atom. The summed E-state index contributed by atoms with van der Waals surface area (Å²) in [4.78, 5) is 7.63. The van der Waals surface area contributed by atoms with E-state index in [4.69, 9.17) is 5.73 Å². The second kappa shape index (κ2) is 5.02. The normalized spacial score (nSPS) is 11.1. The molecule has 0 aliphatic carbocycles. The predicted molar refractivity (Wildman–Crippen MR) is 54.5 cm³/mol. The number of hydrogen-bond donors (Lipinski definition) is 2. The van der Waals surface area contributed by atoms with Gasteiger partial charge in [0.15, 0.2) is 0 Å². The topological polar surface area (TPSA) is 54.7 Å². The van der Waals surface area contributed by atoms with Crippen LogP contribution in [0.25, 0.3) is 0 Å². The Labute approximate surface area is 79.8 Å². The van der Waals surface area contributed by atoms with Gasteiger partial charge >= 0.3 is 0 Å². The zero-order valence-corrected chi connectivity index (χ0v) is 8.51. The maximum atomic E-state index is 5.43. The summed E-state index contributed by atoms with van der Waals surface area (Å²) in [7, 11) is 0. The van der Waals surface area contributed by atoms with Crippen LogP contribution in [0.15, 0.2) is 6.20 Å². The third-order valence-electron chi connectivity index (χ3n) is 1.93. The molecule has 1 heterocycles. The summed E-state index contributed by atoms with van der Waals surface area (Å²) in [6, 6.07) is 0. The zero-order chi connectivity index (χ0) is 9.68. The van der Waals surface area contributed by atoms with Gasteiger partial charge in [-0.2, -0.15) is 0 Å². The monoisotopic (exact) mass is 181 g/mol. The molecular formula is C10H19N3. The molecule has 13 heavy (non-hydrogen) atoms. The quantitative estimate of drug-likeness (QED) is 0.723. The highest BCUT2D eigenvalue weighted by Crippen LogP contribution is 2.05. The highest BCUT2D eigenvalue weighted by molar-refractivity contribution is 5.01. The number of imidazole rings is 1. The minimum Gasteiger partial charge on any atom is -0.346 e. The van der Waals surface area contributed by atoms with Gasteiger partial charge in [0.25, 0.3) is 0 Å². The molecule has 0 aliphatic rings. The molecule has 0 saturated heterocycles. The van der Waals surface area contributed by atoms with E-state index < -0.39 is 0 Å². The molecule has 0 unspecified atom stereocenters. The molecule has 0 amide bonds. The van der Waals surface area contributed by atoms with Crippen LogP contribution in [0, 0.1) is 5.92 Å². The van der Waals surface area contributed by atoms with Crippen LogP contribution in [0.2, 0.25) is 0 Å². The Morgan fingerprint density at radius 3 is 2.92 bits per heavy atom. The number of nitrogens with one attached hydrogen (secondary N) is 1. The molecule has 0 aliphatic heterocycles. The fourth-order valence-corrected chi connectivity index (χ4v) is 1.32. The molecule has 74 valence electrons. The first-order chi connectivity index (χ1) is 6.22. The lowest BCUT2D eigenvalue weighted by molar-refractivity contribution is 0.624. The van der Waals surface area contributed by atoms with E-state index in [9.17, 15) is 0 Å². The summed E-state index contributed by atoms with van der Waals surface area (Å²) >= 11 is 0. The second-order valence-corrected chi connectivity index (χ2v) is 3.85. The van der Waals surface area contributed by atoms with E-state index >= 15 is 0 Å². The van der Waals surface area contributed by atoms with Gasteiger partial charge in [0, 0.05) is 18.3 Å². The third-order valence-corrected chi connectivity index (χ3v) is 1.93. The van der Waals surface area contributed by atoms with Crippen molar-refractivity contribution in [2.24, 2.45) is 11.7 Å². The largest absolute Gasteiger partial charge is 0.346 e. The summed E-state index contributed by atoms with van der Waals surface area (Å²) in [6.07, 6.45) is 5.00. The van der Waals surface area contributed by atoms with Crippen molar-refractivity contribution in [3.63, 3.8) is 0 Å². The molecule has 0 spiro atoms. The van der Waals surface area contributed by atoms with Gasteiger partial charge in [0.1, 0.15) is 5.82 Å². The first kappa shape index (κ1) is 10.3. The van der Waals surface area contributed by atoms with Gasteiger partial charge in [-0.3, -0.25) is 0 Å². The molecule has 0 saturated carbocycles. The maximum Gasteiger partial charge on any atom is 0.106 e. The first-order valence-electron chi connectivity index (χ1n) is 4.95. The van der Waals surface area contributed by atoms with Gasteiger partial charge in [0.05, 0.1) is 0 Å². The van der Waals surface area contributed by atoms with Crippen LogP contribution in [0.3, 0.4) is 0 Å². The van der Waals surface area contributed by atoms with Crippen molar-refractivity contribution in [3.05, 3.63) is 17.7 Å². The van der Waals surface area contributed by atoms with Gasteiger partial charge in [-0.15, -0.1) is 0 Å². The number of H-pyrrole nitrogens is 1. The molecule has 3 nitrogen and oxygen atoms in total. The molecule has 1 rings (SSSR count). The van der Waals surface area contributed by atoms with Crippen LogP contribution < -0.4 is 5.73 Å². The highest BCUT2D eigenvalue weighted by Gasteiger charge is 2.02. The van der Waals surface area contributed by atoms with Crippen molar-refractivity contribution in [1.29, 1.82) is 0 Å². The van der Waals surface area contributed by atoms with Crippen LogP contribution in [0.1, 0.15) is 31.8 Å². The van der Waals surface area contributed by atoms with Crippen LogP contribution in [0.5, 0.6) is 0 Å². The van der Waals surface area contributed by atoms with E-state index in [0.29, 0.717) is 5.92 Å². The van der Waals surface area contributed by atoms with Gasteiger partial charge in [0.2, 0.25) is 0 Å². The number of rotatable bonds is 5. The number of aromatic amines is 1. The highest BCUT2D eigenvalue weighted by atomic mass is 14.9. The minimum atomic E-state index is 0.661. The van der Waals surface area contributed by atoms with Crippen LogP contribution >= 0.6 is 0 Å². The fourth-order valence-electron chi connectivity index (χ4n) is 1.32. The zero-order valence-electron chi connectivity index (χ0n) is 8.51. The summed E-state index contributed by atoms with van der Waals surface area (Å²) in [5, 5.41) is 0. The fraction of sp³-hybridized carbons (Fsp3) is 0.700. The van der Waals surface area contributed by atoms with Crippen molar-refractivity contribution >= 4 is 0 Å². The molecule has 1 aromatic heterocycles. The lowest BCUT2D eigenvalue weighted by Crippen LogP contribution is -2.01. The maximum absolute atomic E-state index is 5.43. The Bertz CT molecular complexity index is 240. The van der Waals surface area contributed by atoms with Crippen molar-refractivity contribution < 1.29 is 0 Å². The summed E-state index contributed by atoms with van der Waals surface area (Å²) in [6.45, 7) is 5.14. The van der Waals surface area contributed by atoms with E-state index in [0.717, 1.165) is 31.6 Å². The number of aromatic nitrogens is 2. The molecular weight excluding hydrogens is 162 g/mol. The van der Waals surface area contributed by atoms with E-state index in [2.05, 4.69) is 23.8 Å². The van der Waals surface area contributed by atoms with E-state index in [1.807, 2.05) is 6.20 Å². The standard InChI is InChI=1S/C10H19N3/c1-8(2)6-10-12-7-9(13-10)4-3-5-11/h7-8H,3-6,11H2,1-2H3,(H,12,13). The van der Waals surface area contributed by atoms with Crippen LogP contribution in [-0.4, -0.2) is 16.5 Å². The SMILES string of the molecule is CC(C)Cc1ncc(CCCN)[nH]1. The third kappa shape index (κ3) is 3.59. The minimum absolute atomic E-state index is 0.661. The van der Waals surface area contributed by atoms with Crippen LogP contribution in [-0.2, 0) is 12.8 Å². The Hall–Kier alpha value is -0.830. The lowest BCUT2D eigenvalue weighted by atomic mass is 10.1. The molecule has 3 N–H and O–H groups in total. The van der Waals surface area contributed by atoms with Crippen molar-refractivity contribution in [3.8, 4) is 0 Å². The molecule has 0 atom stereocenters. The smallest absolute Gasteiger partial charge is 0.106 e. The molecule has 0 radical (unpaired) electrons. The molecule has 0 fully saturated rings. The average Bonchev–Trinajstić information content (AvgIpc) is 2.48. The number of nitrogens with two attached hydrogens (primary N) is 1. The van der Waals surface area contributed by atoms with E-state index in [-0.39, 0.29) is 0 Å². The summed E-state index contributed by atoms with van der Waals surface area (Å²) in [5.41, 5.74) is 6.64. The molecule has 3 heteroatoms. The Kier molecular flexibility index (Phi) is 3.96. The molecule has 0 bridgehead atoms. The summed E-state index contributed by atoms with van der Waals surface area (Å²) in [5.74, 6) is 1.76. The second-order valence-electron chi connectivity index (χ2n) is 3.85. The first-order valence-corrected chi connectivity index (χ1v) is 4.95. The van der Waals surface area contributed by atoms with Crippen molar-refractivity contribution in [2.75, 3.05) is 6.54 Å². The van der Waals surface area contributed by atoms with Gasteiger partial charge < -0.3 is 10.7 Å². The molecule has 0 aromatic carbocycles. The summed E-state index contributed by atoms with van der Waals surface area (Å²) < 4.78 is 0. The van der Waals surface area contributed by atoms with Gasteiger partial charge in [-0.1, -0.05) is 13.8 Å². The van der Waals surface area contributed by atoms with Crippen LogP contribution in [0.4, 0.5) is 0 Å². The van der Waals surface area contributed by atoms with Gasteiger partial charge in [-0.25, -0.2) is 4.98 Å². The van der Waals surface area contributed by atoms with Gasteiger partial charge in [-0.05, 0) is 25.3 Å². The molecule has 1 aromatic rings. The van der Waals surface area contributed by atoms with E-state index in [1.54, 1.807) is 0 Å². The van der Waals surface area contributed by atoms with Crippen molar-refractivity contribution in [2.45, 2.75) is 33.1 Å². The average molecular weight is 181 g/mol. The number of nitrogens with zero attached hydrogens (tertiary/aromatic N) is 1. The van der Waals surface area contributed by atoms with Crippen molar-refractivity contribution in [1.82, 2.24) is 9.97 Å². The predicted octanol–water partition coefficient (Wildman–Crippen LogP) is 1.50.